The number of unbranched alkanes of at least 4 members (excludes halogenated alkanes) is 18. The third-order valence-electron chi connectivity index (χ3n) is 7.73. The van der Waals surface area contributed by atoms with Crippen molar-refractivity contribution < 1.29 is 23.6 Å². The van der Waals surface area contributed by atoms with Crippen molar-refractivity contribution >= 4 is 25.6 Å². The molecule has 44 heavy (non-hydrogen) atoms. The Kier molecular flexibility index (Phi) is 51.7. The van der Waals surface area contributed by atoms with Crippen LogP contribution in [0.25, 0.3) is 0 Å². The summed E-state index contributed by atoms with van der Waals surface area (Å²) in [4.78, 5) is 0. The fraction of sp³-hybridized carbons (Fsp3) is 1.00. The predicted octanol–water partition coefficient (Wildman–Crippen LogP) is 13.3. The Morgan fingerprint density at radius 3 is 0.864 bits per heavy atom. The average Bonchev–Trinajstić information content (AvgIpc) is 2.98. The second-order valence-corrected chi connectivity index (χ2v) is 16.5. The van der Waals surface area contributed by atoms with Crippen LogP contribution in [0, 0.1) is 0 Å². The Hall–Kier alpha value is 0.930. The molecule has 0 aromatic heterocycles. The summed E-state index contributed by atoms with van der Waals surface area (Å²) in [6.45, 7) is 14.4. The zero-order valence-corrected chi connectivity index (χ0v) is 34.2. The van der Waals surface area contributed by atoms with E-state index in [0.717, 1.165) is 38.5 Å². The number of rotatable bonds is 33. The molecule has 0 radical (unpaired) electrons. The molecule has 5 nitrogen and oxygen atoms in total. The fourth-order valence-corrected chi connectivity index (χ4v) is 8.72. The van der Waals surface area contributed by atoms with Crippen LogP contribution in [0.5, 0.6) is 0 Å². The highest BCUT2D eigenvalue weighted by Gasteiger charge is 2.25. The van der Waals surface area contributed by atoms with Crippen LogP contribution in [0.15, 0.2) is 0 Å². The molecule has 1 unspecified atom stereocenters. The van der Waals surface area contributed by atoms with E-state index in [9.17, 15) is 4.57 Å². The maximum Gasteiger partial charge on any atom is 0.474 e. The van der Waals surface area contributed by atoms with Crippen LogP contribution in [-0.2, 0) is 18.1 Å². The van der Waals surface area contributed by atoms with Gasteiger partial charge in [-0.2, -0.15) is 9.90 Å². The van der Waals surface area contributed by atoms with E-state index in [2.05, 4.69) is 41.5 Å². The average molecular weight is 689 g/mol. The van der Waals surface area contributed by atoms with Gasteiger partial charge >= 0.3 is 7.82 Å². The normalized spacial score (nSPS) is 11.2. The molecule has 0 spiro atoms. The molecule has 0 aliphatic rings. The monoisotopic (exact) mass is 689 g/mol. The van der Waals surface area contributed by atoms with Gasteiger partial charge in [0.2, 0.25) is 0 Å². The smallest absolute Gasteiger partial charge is 0.412 e. The first-order valence-electron chi connectivity index (χ1n) is 18.8. The first-order valence-corrected chi connectivity index (χ1v) is 22.1. The molecule has 0 rings (SSSR count). The van der Waals surface area contributed by atoms with Crippen molar-refractivity contribution in [2.24, 2.45) is 0 Å². The number of phosphoric ester groups is 1. The molecular weight excluding hydrogens is 605 g/mol. The number of hydrogen-bond acceptors (Lipinski definition) is 4. The van der Waals surface area contributed by atoms with Gasteiger partial charge < -0.3 is 5.48 Å². The van der Waals surface area contributed by atoms with Gasteiger partial charge in [0.05, 0.1) is 19.8 Å². The summed E-state index contributed by atoms with van der Waals surface area (Å²) in [5.41, 5.74) is 0. The van der Waals surface area contributed by atoms with Crippen molar-refractivity contribution in [1.82, 2.24) is 0 Å². The topological polar surface area (TPSA) is 76.3 Å². The van der Waals surface area contributed by atoms with Crippen LogP contribution in [-0.4, -0.2) is 43.8 Å². The molecule has 0 saturated heterocycles. The quantitative estimate of drug-likeness (QED) is 0.0508. The standard InChI is InChI=1S/C24H51P.C12H27O4P.H2O.H3P/c1-4-7-10-13-16-19-22-25(23-20-17-14-11-8-5-2)24-21-18-15-12-9-6-3;1-4-7-10-14-17(13,15-11-8-5-2)16-12-9-6-3;;/h4-24H2,1-3H3;4-12H2,1-3H3;1H2;1H3. The Morgan fingerprint density at radius 1 is 0.386 bits per heavy atom. The van der Waals surface area contributed by atoms with Crippen LogP contribution in [0.3, 0.4) is 0 Å². The molecule has 0 saturated carbocycles. The fourth-order valence-electron chi connectivity index (χ4n) is 4.76. The second-order valence-electron chi connectivity index (χ2n) is 12.2. The van der Waals surface area contributed by atoms with Crippen LogP contribution < -0.4 is 0 Å². The van der Waals surface area contributed by atoms with Crippen molar-refractivity contribution in [2.45, 2.75) is 196 Å². The molecule has 0 aromatic carbocycles. The molecule has 2 N–H and O–H groups in total. The Labute approximate surface area is 282 Å². The van der Waals surface area contributed by atoms with Crippen molar-refractivity contribution in [3.63, 3.8) is 0 Å². The van der Waals surface area contributed by atoms with Gasteiger partial charge in [-0.25, -0.2) is 4.57 Å². The highest BCUT2D eigenvalue weighted by atomic mass is 31.2. The Morgan fingerprint density at radius 2 is 0.614 bits per heavy atom. The van der Waals surface area contributed by atoms with E-state index in [1.165, 1.54) is 116 Å². The molecule has 0 amide bonds. The summed E-state index contributed by atoms with van der Waals surface area (Å²) < 4.78 is 28.0. The summed E-state index contributed by atoms with van der Waals surface area (Å²) in [5.74, 6) is 0. The highest BCUT2D eigenvalue weighted by molar-refractivity contribution is 7.57. The van der Waals surface area contributed by atoms with Crippen molar-refractivity contribution in [3.8, 4) is 0 Å². The van der Waals surface area contributed by atoms with Crippen molar-refractivity contribution in [2.75, 3.05) is 38.3 Å². The van der Waals surface area contributed by atoms with Gasteiger partial charge in [0, 0.05) is 0 Å². The minimum Gasteiger partial charge on any atom is -0.412 e. The van der Waals surface area contributed by atoms with Crippen LogP contribution in [0.1, 0.15) is 196 Å². The lowest BCUT2D eigenvalue weighted by molar-refractivity contribution is 0.110. The van der Waals surface area contributed by atoms with Crippen molar-refractivity contribution in [1.29, 1.82) is 0 Å². The van der Waals surface area contributed by atoms with Gasteiger partial charge in [0.1, 0.15) is 0 Å². The zero-order valence-electron chi connectivity index (χ0n) is 30.9. The van der Waals surface area contributed by atoms with E-state index in [-0.39, 0.29) is 15.4 Å². The molecule has 0 aromatic rings. The molecule has 0 fully saturated rings. The molecule has 0 aliphatic heterocycles. The summed E-state index contributed by atoms with van der Waals surface area (Å²) in [6.07, 6.45) is 36.9. The lowest BCUT2D eigenvalue weighted by atomic mass is 10.1. The van der Waals surface area contributed by atoms with E-state index in [0.29, 0.717) is 27.7 Å². The van der Waals surface area contributed by atoms with E-state index in [1.807, 2.05) is 0 Å². The molecule has 0 bridgehead atoms. The maximum absolute atomic E-state index is 12.2. The molecule has 8 heteroatoms. The highest BCUT2D eigenvalue weighted by Crippen LogP contribution is 2.49. The van der Waals surface area contributed by atoms with E-state index >= 15 is 0 Å². The maximum atomic E-state index is 12.2. The van der Waals surface area contributed by atoms with Gasteiger partial charge in [0.25, 0.3) is 0 Å². The zero-order chi connectivity index (χ0) is 31.4. The number of hydrogen-bond donors (Lipinski definition) is 0. The lowest BCUT2D eigenvalue weighted by Crippen LogP contribution is -2.03. The van der Waals surface area contributed by atoms with Gasteiger partial charge in [-0.3, -0.25) is 13.6 Å². The number of phosphoric acid groups is 1. The van der Waals surface area contributed by atoms with E-state index < -0.39 is 7.82 Å². The predicted molar refractivity (Wildman–Crippen MR) is 207 cm³/mol. The molecule has 1 atom stereocenters. The van der Waals surface area contributed by atoms with Gasteiger partial charge in [-0.1, -0.05) is 157 Å². The first kappa shape index (κ1) is 51.8. The lowest BCUT2D eigenvalue weighted by Gasteiger charge is -2.18. The largest absolute Gasteiger partial charge is 0.474 e. The Balaban J connectivity index is -0.000000371. The van der Waals surface area contributed by atoms with Crippen LogP contribution in [0.4, 0.5) is 0 Å². The molecule has 0 aliphatic carbocycles. The van der Waals surface area contributed by atoms with Gasteiger partial charge in [-0.15, -0.1) is 7.92 Å². The molecular formula is C36H83O5P3. The van der Waals surface area contributed by atoms with Gasteiger partial charge in [0.15, 0.2) is 0 Å². The third-order valence-corrected chi connectivity index (χ3v) is 12.1. The SMILES string of the molecule is CCCCCCCCP(CCCCCCCC)CCCCCCCC.CCCCOP(=O)(OCCCC)OCCCC.O.P. The second kappa shape index (κ2) is 43.9. The van der Waals surface area contributed by atoms with Crippen LogP contribution >= 0.6 is 25.6 Å². The molecule has 272 valence electrons. The van der Waals surface area contributed by atoms with Gasteiger partial charge in [-0.05, 0) is 57.0 Å². The summed E-state index contributed by atoms with van der Waals surface area (Å²) in [7, 11) is -2.94. The summed E-state index contributed by atoms with van der Waals surface area (Å²) >= 11 is 0. The third kappa shape index (κ3) is 41.0. The minimum absolute atomic E-state index is 0. The van der Waals surface area contributed by atoms with E-state index in [1.54, 1.807) is 18.5 Å². The summed E-state index contributed by atoms with van der Waals surface area (Å²) in [6, 6.07) is 0. The minimum atomic E-state index is -3.31. The van der Waals surface area contributed by atoms with Crippen molar-refractivity contribution in [3.05, 3.63) is 0 Å². The summed E-state index contributed by atoms with van der Waals surface area (Å²) in [5, 5.41) is 0. The molecule has 0 heterocycles. The van der Waals surface area contributed by atoms with E-state index in [4.69, 9.17) is 13.6 Å². The Bertz CT molecular complexity index is 469. The first-order chi connectivity index (χ1) is 20.5. The van der Waals surface area contributed by atoms with Crippen LogP contribution in [0.2, 0.25) is 0 Å².